The molecule has 0 bridgehead atoms. The number of hydrogen-bond acceptors (Lipinski definition) is 5. The van der Waals surface area contributed by atoms with Crippen molar-refractivity contribution in [3.8, 4) is 5.69 Å². The number of thiazole rings is 1. The number of nitrogens with one attached hydrogen (secondary N) is 1. The molecular weight excluding hydrogens is 412 g/mol. The summed E-state index contributed by atoms with van der Waals surface area (Å²) < 4.78 is 2.01. The summed E-state index contributed by atoms with van der Waals surface area (Å²) in [5.41, 5.74) is 4.54. The lowest BCUT2D eigenvalue weighted by atomic mass is 10.1. The summed E-state index contributed by atoms with van der Waals surface area (Å²) >= 11 is 2.96. The monoisotopic (exact) mass is 434 g/mol. The number of carbonyl (C=O) groups excluding carboxylic acids is 1. The van der Waals surface area contributed by atoms with Crippen LogP contribution < -0.4 is 5.32 Å². The van der Waals surface area contributed by atoms with Crippen molar-refractivity contribution in [2.75, 3.05) is 5.75 Å². The Balaban J connectivity index is 1.46. The van der Waals surface area contributed by atoms with Gasteiger partial charge < -0.3 is 5.32 Å². The van der Waals surface area contributed by atoms with E-state index in [2.05, 4.69) is 47.3 Å². The van der Waals surface area contributed by atoms with E-state index in [0.717, 1.165) is 21.4 Å². The van der Waals surface area contributed by atoms with E-state index in [4.69, 9.17) is 0 Å². The first-order valence-corrected chi connectivity index (χ1v) is 11.5. The summed E-state index contributed by atoms with van der Waals surface area (Å²) in [6, 6.07) is 16.0. The van der Waals surface area contributed by atoms with Crippen LogP contribution in [-0.2, 0) is 4.79 Å². The first kappa shape index (κ1) is 20.4. The average Bonchev–Trinajstić information content (AvgIpc) is 3.45. The molecule has 7 heteroatoms. The molecule has 0 fully saturated rings. The third kappa shape index (κ3) is 4.63. The van der Waals surface area contributed by atoms with Gasteiger partial charge in [-0.25, -0.2) is 9.97 Å². The zero-order chi connectivity index (χ0) is 20.9. The second kappa shape index (κ2) is 9.28. The highest BCUT2D eigenvalue weighted by atomic mass is 32.2. The van der Waals surface area contributed by atoms with Crippen LogP contribution in [0.2, 0.25) is 0 Å². The predicted molar refractivity (Wildman–Crippen MR) is 122 cm³/mol. The Morgan fingerprint density at radius 2 is 1.93 bits per heavy atom. The van der Waals surface area contributed by atoms with Crippen LogP contribution in [0.15, 0.2) is 77.7 Å². The number of hydrogen-bond donors (Lipinski definition) is 1. The van der Waals surface area contributed by atoms with Crippen molar-refractivity contribution in [1.82, 2.24) is 19.9 Å². The van der Waals surface area contributed by atoms with E-state index in [9.17, 15) is 4.79 Å². The number of thioether (sulfide) groups is 1. The van der Waals surface area contributed by atoms with E-state index in [1.54, 1.807) is 12.4 Å². The molecule has 0 radical (unpaired) electrons. The lowest BCUT2D eigenvalue weighted by molar-refractivity contribution is -0.119. The van der Waals surface area contributed by atoms with Crippen molar-refractivity contribution in [2.24, 2.45) is 0 Å². The molecule has 4 aromatic rings. The predicted octanol–water partition coefficient (Wildman–Crippen LogP) is 4.94. The van der Waals surface area contributed by atoms with Gasteiger partial charge in [0.15, 0.2) is 5.16 Å². The van der Waals surface area contributed by atoms with Crippen LogP contribution in [-0.4, -0.2) is 26.2 Å². The maximum atomic E-state index is 12.8. The molecule has 0 spiro atoms. The molecule has 1 N–H and O–H groups in total. The minimum absolute atomic E-state index is 0.0568. The van der Waals surface area contributed by atoms with E-state index in [1.807, 2.05) is 46.5 Å². The van der Waals surface area contributed by atoms with Crippen LogP contribution in [0.5, 0.6) is 0 Å². The minimum atomic E-state index is -0.251. The Kier molecular flexibility index (Phi) is 6.30. The van der Waals surface area contributed by atoms with E-state index in [0.29, 0.717) is 0 Å². The molecule has 2 aromatic heterocycles. The van der Waals surface area contributed by atoms with Gasteiger partial charge in [0.1, 0.15) is 11.0 Å². The molecule has 4 rings (SSSR count). The number of imidazole rings is 1. The van der Waals surface area contributed by atoms with Crippen molar-refractivity contribution in [3.05, 3.63) is 94.2 Å². The number of carbonyl (C=O) groups is 1. The van der Waals surface area contributed by atoms with Crippen LogP contribution in [0.4, 0.5) is 0 Å². The molecule has 0 saturated carbocycles. The number of aryl methyl sites for hydroxylation is 2. The van der Waals surface area contributed by atoms with Crippen LogP contribution in [0.25, 0.3) is 5.69 Å². The van der Waals surface area contributed by atoms with Crippen LogP contribution >= 0.6 is 23.1 Å². The van der Waals surface area contributed by atoms with Crippen molar-refractivity contribution >= 4 is 29.0 Å². The topological polar surface area (TPSA) is 59.8 Å². The number of benzene rings is 2. The zero-order valence-corrected chi connectivity index (χ0v) is 18.4. The average molecular weight is 435 g/mol. The van der Waals surface area contributed by atoms with E-state index in [1.165, 1.54) is 34.2 Å². The highest BCUT2D eigenvalue weighted by Gasteiger charge is 2.19. The Hall–Kier alpha value is -2.90. The minimum Gasteiger partial charge on any atom is -0.342 e. The molecule has 0 aliphatic rings. The fraction of sp³-hybridized carbons (Fsp3) is 0.174. The van der Waals surface area contributed by atoms with Gasteiger partial charge in [0.05, 0.1) is 5.75 Å². The second-order valence-corrected chi connectivity index (χ2v) is 8.79. The lowest BCUT2D eigenvalue weighted by Crippen LogP contribution is -2.30. The standard InChI is InChI=1S/C23H22N4OS2/c1-16-8-9-19(14-17(16)2)27-12-10-25-23(27)30-15-20(28)26-21(22-24-11-13-29-22)18-6-4-3-5-7-18/h3-14,21H,15H2,1-2H3,(H,26,28). The third-order valence-corrected chi connectivity index (χ3v) is 6.65. The first-order valence-electron chi connectivity index (χ1n) is 9.59. The Bertz CT molecular complexity index is 1120. The normalized spacial score (nSPS) is 11.9. The first-order chi connectivity index (χ1) is 14.6. The molecule has 5 nitrogen and oxygen atoms in total. The maximum Gasteiger partial charge on any atom is 0.231 e. The maximum absolute atomic E-state index is 12.8. The molecule has 2 heterocycles. The molecule has 30 heavy (non-hydrogen) atoms. The van der Waals surface area contributed by atoms with Crippen molar-refractivity contribution in [1.29, 1.82) is 0 Å². The Morgan fingerprint density at radius 3 is 2.67 bits per heavy atom. The van der Waals surface area contributed by atoms with E-state index >= 15 is 0 Å². The van der Waals surface area contributed by atoms with Gasteiger partial charge >= 0.3 is 0 Å². The largest absolute Gasteiger partial charge is 0.342 e. The van der Waals surface area contributed by atoms with Crippen LogP contribution in [0, 0.1) is 13.8 Å². The third-order valence-electron chi connectivity index (χ3n) is 4.84. The molecule has 1 amide bonds. The SMILES string of the molecule is Cc1ccc(-n2ccnc2SCC(=O)NC(c2ccccc2)c2nccs2)cc1C. The quantitative estimate of drug-likeness (QED) is 0.419. The smallest absolute Gasteiger partial charge is 0.231 e. The molecular formula is C23H22N4OS2. The van der Waals surface area contributed by atoms with Gasteiger partial charge in [-0.3, -0.25) is 9.36 Å². The summed E-state index contributed by atoms with van der Waals surface area (Å²) in [6.45, 7) is 4.19. The van der Waals surface area contributed by atoms with Gasteiger partial charge in [-0.1, -0.05) is 48.2 Å². The zero-order valence-electron chi connectivity index (χ0n) is 16.8. The molecule has 0 aliphatic carbocycles. The number of amides is 1. The molecule has 0 saturated heterocycles. The van der Waals surface area contributed by atoms with Crippen LogP contribution in [0.1, 0.15) is 27.7 Å². The summed E-state index contributed by atoms with van der Waals surface area (Å²) in [7, 11) is 0. The van der Waals surface area contributed by atoms with Gasteiger partial charge in [0, 0.05) is 29.7 Å². The highest BCUT2D eigenvalue weighted by molar-refractivity contribution is 7.99. The number of rotatable bonds is 7. The van der Waals surface area contributed by atoms with Crippen molar-refractivity contribution in [2.45, 2.75) is 25.0 Å². The fourth-order valence-electron chi connectivity index (χ4n) is 3.11. The molecule has 1 atom stereocenters. The fourth-order valence-corrected chi connectivity index (χ4v) is 4.61. The molecule has 2 aromatic carbocycles. The van der Waals surface area contributed by atoms with Gasteiger partial charge in [-0.05, 0) is 42.7 Å². The molecule has 152 valence electrons. The Labute approximate surface area is 184 Å². The van der Waals surface area contributed by atoms with Gasteiger partial charge in [-0.2, -0.15) is 0 Å². The summed E-state index contributed by atoms with van der Waals surface area (Å²) in [4.78, 5) is 21.6. The highest BCUT2D eigenvalue weighted by Crippen LogP contribution is 2.25. The molecule has 0 aliphatic heterocycles. The van der Waals surface area contributed by atoms with Gasteiger partial charge in [0.2, 0.25) is 5.91 Å². The van der Waals surface area contributed by atoms with Crippen molar-refractivity contribution in [3.63, 3.8) is 0 Å². The molecule has 1 unspecified atom stereocenters. The summed E-state index contributed by atoms with van der Waals surface area (Å²) in [5, 5.41) is 6.71. The summed E-state index contributed by atoms with van der Waals surface area (Å²) in [6.07, 6.45) is 5.45. The summed E-state index contributed by atoms with van der Waals surface area (Å²) in [5.74, 6) is 0.218. The van der Waals surface area contributed by atoms with Crippen LogP contribution in [0.3, 0.4) is 0 Å². The lowest BCUT2D eigenvalue weighted by Gasteiger charge is -2.17. The Morgan fingerprint density at radius 1 is 1.10 bits per heavy atom. The van der Waals surface area contributed by atoms with Crippen molar-refractivity contribution < 1.29 is 4.79 Å². The van der Waals surface area contributed by atoms with E-state index < -0.39 is 0 Å². The number of aromatic nitrogens is 3. The second-order valence-electron chi connectivity index (χ2n) is 6.92. The van der Waals surface area contributed by atoms with Gasteiger partial charge in [0.25, 0.3) is 0 Å². The number of nitrogens with zero attached hydrogens (tertiary/aromatic N) is 3. The van der Waals surface area contributed by atoms with E-state index in [-0.39, 0.29) is 17.7 Å². The van der Waals surface area contributed by atoms with Gasteiger partial charge in [-0.15, -0.1) is 11.3 Å².